The summed E-state index contributed by atoms with van der Waals surface area (Å²) in [5, 5.41) is 39.5. The molecule has 2 saturated heterocycles. The molecule has 7 atom stereocenters. The predicted octanol–water partition coefficient (Wildman–Crippen LogP) is 2.36. The molecule has 0 bridgehead atoms. The van der Waals surface area contributed by atoms with Gasteiger partial charge in [-0.2, -0.15) is 0 Å². The van der Waals surface area contributed by atoms with Crippen LogP contribution in [-0.2, 0) is 9.53 Å². The highest BCUT2D eigenvalue weighted by molar-refractivity contribution is 6.03. The number of hydrogen-bond donors (Lipinski definition) is 4. The van der Waals surface area contributed by atoms with Gasteiger partial charge in [0.15, 0.2) is 0 Å². The van der Waals surface area contributed by atoms with E-state index >= 15 is 0 Å². The second kappa shape index (κ2) is 12.5. The van der Waals surface area contributed by atoms with Crippen LogP contribution in [0.15, 0.2) is 72.8 Å². The average molecular weight is 572 g/mol. The van der Waals surface area contributed by atoms with E-state index in [1.807, 2.05) is 0 Å². The van der Waals surface area contributed by atoms with Crippen LogP contribution >= 0.6 is 0 Å². The number of ether oxygens (including phenoxy) is 3. The molecule has 0 aromatic heterocycles. The zero-order chi connectivity index (χ0) is 29.1. The van der Waals surface area contributed by atoms with Crippen molar-refractivity contribution in [2.24, 2.45) is 5.92 Å². The SMILES string of the molecule is O=C1[C@H](CCOc2ccc(F)cc2)[C@@H](c2ccc(OC[C@@H]3O[C@H](CO)[C@@H](O)[C@H](O)[C@H]3O)cc2)N1c1ccc(F)cc1. The third kappa shape index (κ3) is 6.19. The molecule has 9 nitrogen and oxygen atoms in total. The fourth-order valence-electron chi connectivity index (χ4n) is 5.19. The minimum Gasteiger partial charge on any atom is -0.494 e. The number of benzene rings is 3. The lowest BCUT2D eigenvalue weighted by Gasteiger charge is -2.47. The number of β-lactam (4-membered cyclic amide) rings is 1. The average Bonchev–Trinajstić information content (AvgIpc) is 2.98. The summed E-state index contributed by atoms with van der Waals surface area (Å²) >= 11 is 0. The number of rotatable bonds is 10. The van der Waals surface area contributed by atoms with Crippen LogP contribution in [0.3, 0.4) is 0 Å². The topological polar surface area (TPSA) is 129 Å². The Bertz CT molecular complexity index is 1310. The van der Waals surface area contributed by atoms with Gasteiger partial charge in [-0.25, -0.2) is 8.78 Å². The molecule has 11 heteroatoms. The summed E-state index contributed by atoms with van der Waals surface area (Å²) in [4.78, 5) is 14.8. The van der Waals surface area contributed by atoms with Crippen molar-refractivity contribution in [1.29, 1.82) is 0 Å². The molecule has 0 unspecified atom stereocenters. The van der Waals surface area contributed by atoms with Crippen LogP contribution in [0, 0.1) is 17.6 Å². The second-order valence-electron chi connectivity index (χ2n) is 10.1. The van der Waals surface area contributed by atoms with Crippen molar-refractivity contribution in [2.45, 2.75) is 43.0 Å². The molecule has 0 aliphatic carbocycles. The highest BCUT2D eigenvalue weighted by Crippen LogP contribution is 2.45. The van der Waals surface area contributed by atoms with E-state index in [0.717, 1.165) is 5.56 Å². The van der Waals surface area contributed by atoms with Crippen molar-refractivity contribution in [3.63, 3.8) is 0 Å². The molecule has 1 amide bonds. The molecule has 41 heavy (non-hydrogen) atoms. The van der Waals surface area contributed by atoms with Gasteiger partial charge < -0.3 is 39.5 Å². The highest BCUT2D eigenvalue weighted by Gasteiger charge is 2.48. The van der Waals surface area contributed by atoms with Gasteiger partial charge in [0.2, 0.25) is 5.91 Å². The maximum atomic E-state index is 13.6. The normalized spacial score (nSPS) is 27.8. The van der Waals surface area contributed by atoms with Gasteiger partial charge in [0.25, 0.3) is 0 Å². The number of aliphatic hydroxyl groups excluding tert-OH is 4. The molecule has 218 valence electrons. The largest absolute Gasteiger partial charge is 0.494 e. The molecule has 2 aliphatic rings. The Morgan fingerprint density at radius 1 is 0.756 bits per heavy atom. The minimum atomic E-state index is -1.49. The van der Waals surface area contributed by atoms with Crippen LogP contribution in [0.2, 0.25) is 0 Å². The fourth-order valence-corrected chi connectivity index (χ4v) is 5.19. The molecule has 2 aliphatic heterocycles. The first kappa shape index (κ1) is 28.9. The van der Waals surface area contributed by atoms with Crippen molar-refractivity contribution >= 4 is 11.6 Å². The zero-order valence-electron chi connectivity index (χ0n) is 21.9. The molecule has 3 aromatic carbocycles. The maximum absolute atomic E-state index is 13.6. The van der Waals surface area contributed by atoms with Crippen LogP contribution < -0.4 is 14.4 Å². The lowest BCUT2D eigenvalue weighted by atomic mass is 9.80. The van der Waals surface area contributed by atoms with Gasteiger partial charge in [0.1, 0.15) is 60.3 Å². The lowest BCUT2D eigenvalue weighted by Crippen LogP contribution is -2.59. The molecule has 2 fully saturated rings. The third-order valence-corrected chi connectivity index (χ3v) is 7.46. The smallest absolute Gasteiger partial charge is 0.233 e. The van der Waals surface area contributed by atoms with Gasteiger partial charge in [-0.3, -0.25) is 4.79 Å². The van der Waals surface area contributed by atoms with E-state index in [0.29, 0.717) is 23.6 Å². The summed E-state index contributed by atoms with van der Waals surface area (Å²) < 4.78 is 43.7. The van der Waals surface area contributed by atoms with E-state index in [9.17, 15) is 34.0 Å². The number of nitrogens with zero attached hydrogens (tertiary/aromatic N) is 1. The Hall–Kier alpha value is -3.61. The lowest BCUT2D eigenvalue weighted by molar-refractivity contribution is -0.234. The van der Waals surface area contributed by atoms with Crippen molar-refractivity contribution in [3.05, 3.63) is 90.0 Å². The van der Waals surface area contributed by atoms with E-state index < -0.39 is 48.9 Å². The van der Waals surface area contributed by atoms with Gasteiger partial charge in [-0.05, 0) is 72.6 Å². The van der Waals surface area contributed by atoms with E-state index in [-0.39, 0.29) is 31.0 Å². The van der Waals surface area contributed by atoms with Gasteiger partial charge >= 0.3 is 0 Å². The summed E-state index contributed by atoms with van der Waals surface area (Å²) in [6.07, 6.45) is -5.96. The summed E-state index contributed by atoms with van der Waals surface area (Å²) in [5.41, 5.74) is 1.36. The zero-order valence-corrected chi connectivity index (χ0v) is 21.9. The number of halogens is 2. The quantitative estimate of drug-likeness (QED) is 0.273. The molecule has 0 saturated carbocycles. The van der Waals surface area contributed by atoms with Crippen LogP contribution in [0.1, 0.15) is 18.0 Å². The van der Waals surface area contributed by atoms with Crippen molar-refractivity contribution < 1.29 is 48.2 Å². The summed E-state index contributed by atoms with van der Waals surface area (Å²) in [7, 11) is 0. The Balaban J connectivity index is 1.27. The monoisotopic (exact) mass is 571 g/mol. The van der Waals surface area contributed by atoms with Crippen LogP contribution in [0.25, 0.3) is 0 Å². The number of carbonyl (C=O) groups excluding carboxylic acids is 1. The Labute approximate surface area is 235 Å². The van der Waals surface area contributed by atoms with E-state index in [4.69, 9.17) is 14.2 Å². The Kier molecular flexibility index (Phi) is 8.81. The van der Waals surface area contributed by atoms with Crippen molar-refractivity contribution in [1.82, 2.24) is 0 Å². The summed E-state index contributed by atoms with van der Waals surface area (Å²) in [6, 6.07) is 17.9. The number of aliphatic hydroxyl groups is 4. The van der Waals surface area contributed by atoms with Gasteiger partial charge in [-0.1, -0.05) is 12.1 Å². The van der Waals surface area contributed by atoms with Gasteiger partial charge in [-0.15, -0.1) is 0 Å². The van der Waals surface area contributed by atoms with Gasteiger partial charge in [0.05, 0.1) is 25.2 Å². The van der Waals surface area contributed by atoms with Gasteiger partial charge in [0, 0.05) is 5.69 Å². The second-order valence-corrected chi connectivity index (χ2v) is 10.1. The van der Waals surface area contributed by atoms with Crippen molar-refractivity contribution in [3.8, 4) is 11.5 Å². The first-order chi connectivity index (χ1) is 19.8. The molecule has 5 rings (SSSR count). The van der Waals surface area contributed by atoms with E-state index in [1.165, 1.54) is 36.4 Å². The molecule has 3 aromatic rings. The molecule has 0 radical (unpaired) electrons. The molecule has 0 spiro atoms. The van der Waals surface area contributed by atoms with E-state index in [1.54, 1.807) is 41.3 Å². The number of anilines is 1. The van der Waals surface area contributed by atoms with Crippen LogP contribution in [-0.4, -0.2) is 76.7 Å². The number of amides is 1. The first-order valence-electron chi connectivity index (χ1n) is 13.3. The predicted molar refractivity (Wildman–Crippen MR) is 142 cm³/mol. The Morgan fingerprint density at radius 2 is 1.32 bits per heavy atom. The standard InChI is InChI=1S/C30H31F2NO8/c31-18-3-7-20(8-4-18)33-26(23(30(33)38)13-14-39-21-11-5-19(32)6-12-21)17-1-9-22(10-2-17)40-16-25-28(36)29(37)27(35)24(15-34)41-25/h1-12,23-29,34-37H,13-16H2/t23-,24-,25+,26-,27-,28+,29+/m1/s1. The third-order valence-electron chi connectivity index (χ3n) is 7.46. The number of hydrogen-bond acceptors (Lipinski definition) is 8. The molecule has 4 N–H and O–H groups in total. The fraction of sp³-hybridized carbons (Fsp3) is 0.367. The van der Waals surface area contributed by atoms with Crippen LogP contribution in [0.4, 0.5) is 14.5 Å². The Morgan fingerprint density at radius 3 is 1.95 bits per heavy atom. The van der Waals surface area contributed by atoms with Crippen LogP contribution in [0.5, 0.6) is 11.5 Å². The molecular formula is C30H31F2NO8. The summed E-state index contributed by atoms with van der Waals surface area (Å²) in [5.74, 6) is -0.411. The number of carbonyl (C=O) groups is 1. The highest BCUT2D eigenvalue weighted by atomic mass is 19.1. The summed E-state index contributed by atoms with van der Waals surface area (Å²) in [6.45, 7) is -0.444. The molecule has 2 heterocycles. The molecular weight excluding hydrogens is 540 g/mol. The maximum Gasteiger partial charge on any atom is 0.233 e. The first-order valence-corrected chi connectivity index (χ1v) is 13.3. The van der Waals surface area contributed by atoms with E-state index in [2.05, 4.69) is 0 Å². The minimum absolute atomic E-state index is 0.132. The van der Waals surface area contributed by atoms with Crippen molar-refractivity contribution in [2.75, 3.05) is 24.7 Å².